The molecule has 0 N–H and O–H groups in total. The maximum Gasteiger partial charge on any atom is 0.276 e. The van der Waals surface area contributed by atoms with Crippen LogP contribution in [0.25, 0.3) is 5.78 Å². The van der Waals surface area contributed by atoms with Crippen molar-refractivity contribution in [1.82, 2.24) is 24.5 Å². The van der Waals surface area contributed by atoms with E-state index in [1.54, 1.807) is 30.5 Å². The Morgan fingerprint density at radius 3 is 2.08 bits per heavy atom. The van der Waals surface area contributed by atoms with E-state index < -0.39 is 0 Å². The summed E-state index contributed by atoms with van der Waals surface area (Å²) in [5.74, 6) is 0.00717. The Bertz CT molecular complexity index is 1000. The van der Waals surface area contributed by atoms with Gasteiger partial charge >= 0.3 is 0 Å². The first-order valence-electron chi connectivity index (χ1n) is 7.57. The van der Waals surface area contributed by atoms with Crippen molar-refractivity contribution in [3.8, 4) is 0 Å². The smallest absolute Gasteiger partial charge is 0.218 e. The summed E-state index contributed by atoms with van der Waals surface area (Å²) in [5, 5.41) is 16.3. The SMILES string of the molecule is Fc1ccc(/C=N/c2nnc3n(/N=C/c4ccc(F)cc4)cnn23)cc1. The second-order valence-electron chi connectivity index (χ2n) is 5.29. The van der Waals surface area contributed by atoms with Gasteiger partial charge in [-0.3, -0.25) is 0 Å². The van der Waals surface area contributed by atoms with Gasteiger partial charge in [0.1, 0.15) is 18.0 Å². The lowest BCUT2D eigenvalue weighted by atomic mass is 10.2. The van der Waals surface area contributed by atoms with Gasteiger partial charge < -0.3 is 0 Å². The van der Waals surface area contributed by atoms with Gasteiger partial charge in [-0.25, -0.2) is 13.8 Å². The summed E-state index contributed by atoms with van der Waals surface area (Å²) in [4.78, 5) is 4.21. The minimum atomic E-state index is -0.315. The number of fused-ring (bicyclic) bond motifs is 1. The third kappa shape index (κ3) is 3.22. The van der Waals surface area contributed by atoms with Gasteiger partial charge in [-0.1, -0.05) is 24.3 Å². The van der Waals surface area contributed by atoms with Gasteiger partial charge in [0.25, 0.3) is 11.7 Å². The van der Waals surface area contributed by atoms with E-state index in [0.717, 1.165) is 11.1 Å². The maximum absolute atomic E-state index is 12.9. The zero-order valence-corrected chi connectivity index (χ0v) is 13.2. The second-order valence-corrected chi connectivity index (χ2v) is 5.29. The van der Waals surface area contributed by atoms with E-state index in [-0.39, 0.29) is 17.6 Å². The van der Waals surface area contributed by atoms with Crippen molar-refractivity contribution < 1.29 is 8.78 Å². The molecule has 2 heterocycles. The molecule has 2 aromatic heterocycles. The van der Waals surface area contributed by atoms with Crippen LogP contribution in [-0.2, 0) is 0 Å². The fourth-order valence-electron chi connectivity index (χ4n) is 2.18. The molecule has 0 spiro atoms. The Kier molecular flexibility index (Phi) is 4.02. The normalized spacial score (nSPS) is 11.9. The molecule has 0 aliphatic carbocycles. The molecular weight excluding hydrogens is 340 g/mol. The molecule has 7 nitrogen and oxygen atoms in total. The zero-order chi connectivity index (χ0) is 17.9. The number of benzene rings is 2. The lowest BCUT2D eigenvalue weighted by Crippen LogP contribution is -1.91. The van der Waals surface area contributed by atoms with Gasteiger partial charge in [0.05, 0.1) is 6.21 Å². The number of rotatable bonds is 4. The molecule has 2 aromatic carbocycles. The Hall–Kier alpha value is -3.75. The van der Waals surface area contributed by atoms with Gasteiger partial charge in [0, 0.05) is 6.21 Å². The Balaban J connectivity index is 1.58. The molecule has 0 unspecified atom stereocenters. The minimum Gasteiger partial charge on any atom is -0.218 e. The predicted molar refractivity (Wildman–Crippen MR) is 91.8 cm³/mol. The van der Waals surface area contributed by atoms with Crippen LogP contribution in [0.3, 0.4) is 0 Å². The summed E-state index contributed by atoms with van der Waals surface area (Å²) in [6.07, 6.45) is 4.55. The topological polar surface area (TPSA) is 72.7 Å². The molecule has 128 valence electrons. The highest BCUT2D eigenvalue weighted by Crippen LogP contribution is 2.11. The molecule has 0 aliphatic heterocycles. The lowest BCUT2D eigenvalue weighted by Gasteiger charge is -1.93. The molecule has 0 atom stereocenters. The highest BCUT2D eigenvalue weighted by Gasteiger charge is 2.09. The molecule has 4 rings (SSSR count). The first kappa shape index (κ1) is 15.8. The molecule has 0 radical (unpaired) electrons. The van der Waals surface area contributed by atoms with E-state index in [0.29, 0.717) is 5.78 Å². The number of hydrogen-bond acceptors (Lipinski definition) is 5. The number of hydrogen-bond donors (Lipinski definition) is 0. The average molecular weight is 351 g/mol. The molecule has 0 saturated heterocycles. The minimum absolute atomic E-state index is 0.264. The van der Waals surface area contributed by atoms with E-state index in [2.05, 4.69) is 25.4 Å². The van der Waals surface area contributed by atoms with Crippen LogP contribution in [-0.4, -0.2) is 36.9 Å². The summed E-state index contributed by atoms with van der Waals surface area (Å²) >= 11 is 0. The van der Waals surface area contributed by atoms with Gasteiger partial charge in [-0.2, -0.15) is 14.3 Å². The molecule has 0 fully saturated rings. The first-order chi connectivity index (χ1) is 12.7. The van der Waals surface area contributed by atoms with E-state index in [4.69, 9.17) is 0 Å². The van der Waals surface area contributed by atoms with E-state index in [9.17, 15) is 8.78 Å². The van der Waals surface area contributed by atoms with Crippen molar-refractivity contribution >= 4 is 24.2 Å². The van der Waals surface area contributed by atoms with Crippen molar-refractivity contribution in [2.45, 2.75) is 0 Å². The van der Waals surface area contributed by atoms with Crippen LogP contribution in [0.2, 0.25) is 0 Å². The molecule has 9 heteroatoms. The maximum atomic E-state index is 12.9. The van der Waals surface area contributed by atoms with Crippen LogP contribution in [0.15, 0.2) is 65.0 Å². The van der Waals surface area contributed by atoms with Crippen LogP contribution in [0, 0.1) is 11.6 Å². The van der Waals surface area contributed by atoms with E-state index in [1.807, 2.05) is 0 Å². The Morgan fingerprint density at radius 1 is 0.808 bits per heavy atom. The second kappa shape index (κ2) is 6.63. The van der Waals surface area contributed by atoms with E-state index in [1.165, 1.54) is 46.0 Å². The van der Waals surface area contributed by atoms with Gasteiger partial charge in [0.15, 0.2) is 0 Å². The summed E-state index contributed by atoms with van der Waals surface area (Å²) in [5.41, 5.74) is 1.45. The van der Waals surface area contributed by atoms with Crippen LogP contribution >= 0.6 is 0 Å². The van der Waals surface area contributed by atoms with Crippen molar-refractivity contribution in [3.05, 3.63) is 77.6 Å². The molecule has 0 amide bonds. The Labute approximate surface area is 146 Å². The summed E-state index contributed by atoms with van der Waals surface area (Å²) in [7, 11) is 0. The summed E-state index contributed by atoms with van der Waals surface area (Å²) in [6, 6.07) is 11.8. The summed E-state index contributed by atoms with van der Waals surface area (Å²) < 4.78 is 28.7. The third-order valence-corrected chi connectivity index (χ3v) is 3.49. The van der Waals surface area contributed by atoms with Gasteiger partial charge in [-0.15, -0.1) is 15.3 Å². The fraction of sp³-hybridized carbons (Fsp3) is 0. The first-order valence-corrected chi connectivity index (χ1v) is 7.57. The van der Waals surface area contributed by atoms with Crippen LogP contribution in [0.5, 0.6) is 0 Å². The van der Waals surface area contributed by atoms with Crippen molar-refractivity contribution in [2.24, 2.45) is 10.1 Å². The number of aliphatic imine (C=N–C) groups is 1. The fourth-order valence-corrected chi connectivity index (χ4v) is 2.18. The monoisotopic (exact) mass is 351 g/mol. The van der Waals surface area contributed by atoms with Crippen molar-refractivity contribution in [3.63, 3.8) is 0 Å². The quantitative estimate of drug-likeness (QED) is 0.531. The van der Waals surface area contributed by atoms with Crippen LogP contribution in [0.4, 0.5) is 14.7 Å². The number of aromatic nitrogens is 5. The van der Waals surface area contributed by atoms with E-state index >= 15 is 0 Å². The summed E-state index contributed by atoms with van der Waals surface area (Å²) in [6.45, 7) is 0. The van der Waals surface area contributed by atoms with Gasteiger partial charge in [-0.05, 0) is 35.4 Å². The molecular formula is C17H11F2N7. The lowest BCUT2D eigenvalue weighted by molar-refractivity contribution is 0.627. The largest absolute Gasteiger partial charge is 0.276 e. The van der Waals surface area contributed by atoms with Gasteiger partial charge in [0.2, 0.25) is 0 Å². The van der Waals surface area contributed by atoms with Crippen molar-refractivity contribution in [2.75, 3.05) is 0 Å². The molecule has 0 aliphatic rings. The predicted octanol–water partition coefficient (Wildman–Crippen LogP) is 2.84. The number of nitrogens with zero attached hydrogens (tertiary/aromatic N) is 7. The van der Waals surface area contributed by atoms with Crippen LogP contribution in [0.1, 0.15) is 11.1 Å². The Morgan fingerprint density at radius 2 is 1.42 bits per heavy atom. The molecule has 4 aromatic rings. The number of halogens is 2. The molecule has 0 bridgehead atoms. The highest BCUT2D eigenvalue weighted by molar-refractivity contribution is 5.81. The average Bonchev–Trinajstić information content (AvgIpc) is 3.23. The zero-order valence-electron chi connectivity index (χ0n) is 13.2. The third-order valence-electron chi connectivity index (χ3n) is 3.49. The standard InChI is InChI=1S/C17H11F2N7/c18-14-5-1-12(2-6-14)9-20-16-23-24-17-25(11-22-26(16)17)21-10-13-3-7-15(19)8-4-13/h1-11H/b20-9+,21-10+. The molecule has 0 saturated carbocycles. The highest BCUT2D eigenvalue weighted by atomic mass is 19.1. The van der Waals surface area contributed by atoms with Crippen LogP contribution < -0.4 is 0 Å². The van der Waals surface area contributed by atoms with Crippen molar-refractivity contribution in [1.29, 1.82) is 0 Å². The molecule has 26 heavy (non-hydrogen) atoms.